The first kappa shape index (κ1) is 22.8. The average molecular weight is 459 g/mol. The van der Waals surface area contributed by atoms with Gasteiger partial charge in [-0.25, -0.2) is 4.39 Å². The molecular weight excluding hydrogens is 438 g/mol. The number of amides is 2. The number of para-hydroxylation sites is 1. The van der Waals surface area contributed by atoms with Crippen LogP contribution in [0.5, 0.6) is 0 Å². The smallest absolute Gasteiger partial charge is 0.247 e. The van der Waals surface area contributed by atoms with E-state index >= 15 is 0 Å². The third kappa shape index (κ3) is 5.63. The fourth-order valence-electron chi connectivity index (χ4n) is 3.29. The molecule has 0 aliphatic heterocycles. The summed E-state index contributed by atoms with van der Waals surface area (Å²) in [5, 5.41) is 3.07. The second-order valence-electron chi connectivity index (χ2n) is 6.80. The first-order chi connectivity index (χ1) is 15.0. The van der Waals surface area contributed by atoms with Gasteiger partial charge in [-0.15, -0.1) is 11.6 Å². The number of halogens is 3. The Kier molecular flexibility index (Phi) is 8.04. The second kappa shape index (κ2) is 10.9. The lowest BCUT2D eigenvalue weighted by atomic mass is 10.0. The van der Waals surface area contributed by atoms with Gasteiger partial charge in [0.25, 0.3) is 0 Å². The van der Waals surface area contributed by atoms with Crippen LogP contribution in [-0.4, -0.2) is 24.2 Å². The standard InChI is InChI=1S/C24H21Cl2FN2O2/c25-16-22(30)29(21-13-7-5-11-19(21)26)23(18-10-4-6-12-20(18)27)24(31)28-15-14-17-8-2-1-3-9-17/h1-13,23H,14-16H2,(H,28,31)/t23-/m0/s1. The van der Waals surface area contributed by atoms with Gasteiger partial charge in [0.1, 0.15) is 17.7 Å². The number of rotatable bonds is 8. The van der Waals surface area contributed by atoms with Crippen LogP contribution >= 0.6 is 23.2 Å². The van der Waals surface area contributed by atoms with Gasteiger partial charge in [-0.3, -0.25) is 14.5 Å². The van der Waals surface area contributed by atoms with E-state index in [1.807, 2.05) is 30.3 Å². The van der Waals surface area contributed by atoms with E-state index in [9.17, 15) is 14.0 Å². The molecule has 1 atom stereocenters. The van der Waals surface area contributed by atoms with E-state index in [2.05, 4.69) is 5.32 Å². The molecule has 0 spiro atoms. The van der Waals surface area contributed by atoms with Crippen LogP contribution in [0.15, 0.2) is 78.9 Å². The molecule has 4 nitrogen and oxygen atoms in total. The SMILES string of the molecule is O=C(NCCc1ccccc1)[C@H](c1ccccc1F)N(C(=O)CCl)c1ccccc1Cl. The Morgan fingerprint density at radius 1 is 0.935 bits per heavy atom. The predicted octanol–water partition coefficient (Wildman–Crippen LogP) is 5.15. The van der Waals surface area contributed by atoms with Crippen molar-refractivity contribution >= 4 is 40.7 Å². The van der Waals surface area contributed by atoms with Crippen LogP contribution in [0.3, 0.4) is 0 Å². The van der Waals surface area contributed by atoms with Crippen LogP contribution in [0.4, 0.5) is 10.1 Å². The summed E-state index contributed by atoms with van der Waals surface area (Å²) in [6, 6.07) is 20.8. The van der Waals surface area contributed by atoms with Crippen molar-refractivity contribution in [1.29, 1.82) is 0 Å². The Morgan fingerprint density at radius 2 is 1.58 bits per heavy atom. The molecule has 0 aliphatic carbocycles. The van der Waals surface area contributed by atoms with E-state index in [1.165, 1.54) is 18.2 Å². The summed E-state index contributed by atoms with van der Waals surface area (Å²) in [6.07, 6.45) is 0.589. The van der Waals surface area contributed by atoms with Crippen LogP contribution in [0, 0.1) is 5.82 Å². The minimum Gasteiger partial charge on any atom is -0.354 e. The number of nitrogens with zero attached hydrogens (tertiary/aromatic N) is 1. The molecule has 160 valence electrons. The van der Waals surface area contributed by atoms with Gasteiger partial charge in [0.15, 0.2) is 0 Å². The summed E-state index contributed by atoms with van der Waals surface area (Å²) in [5.74, 6) is -2.10. The number of nitrogens with one attached hydrogen (secondary N) is 1. The van der Waals surface area contributed by atoms with Crippen molar-refractivity contribution in [3.05, 3.63) is 101 Å². The number of alkyl halides is 1. The quantitative estimate of drug-likeness (QED) is 0.474. The average Bonchev–Trinajstić information content (AvgIpc) is 2.79. The Morgan fingerprint density at radius 3 is 2.26 bits per heavy atom. The molecule has 0 aliphatic rings. The van der Waals surface area contributed by atoms with Gasteiger partial charge in [0.05, 0.1) is 10.7 Å². The maximum absolute atomic E-state index is 14.7. The predicted molar refractivity (Wildman–Crippen MR) is 122 cm³/mol. The first-order valence-electron chi connectivity index (χ1n) is 9.71. The van der Waals surface area contributed by atoms with Gasteiger partial charge in [0, 0.05) is 12.1 Å². The van der Waals surface area contributed by atoms with Crippen LogP contribution in [0.1, 0.15) is 17.2 Å². The summed E-state index contributed by atoms with van der Waals surface area (Å²) < 4.78 is 14.7. The Hall–Kier alpha value is -2.89. The normalized spacial score (nSPS) is 11.6. The molecule has 3 rings (SSSR count). The minimum atomic E-state index is -1.27. The van der Waals surface area contributed by atoms with E-state index in [0.717, 1.165) is 10.5 Å². The minimum absolute atomic E-state index is 0.0538. The zero-order chi connectivity index (χ0) is 22.2. The highest BCUT2D eigenvalue weighted by Crippen LogP contribution is 2.34. The number of carbonyl (C=O) groups is 2. The van der Waals surface area contributed by atoms with Gasteiger partial charge in [-0.05, 0) is 30.2 Å². The molecule has 31 heavy (non-hydrogen) atoms. The van der Waals surface area contributed by atoms with Crippen molar-refractivity contribution in [3.63, 3.8) is 0 Å². The van der Waals surface area contributed by atoms with Gasteiger partial charge in [0.2, 0.25) is 11.8 Å². The molecule has 3 aromatic carbocycles. The summed E-state index contributed by atoms with van der Waals surface area (Å²) in [6.45, 7) is 0.319. The molecule has 0 bridgehead atoms. The van der Waals surface area contributed by atoms with Gasteiger partial charge in [-0.1, -0.05) is 72.3 Å². The number of carbonyl (C=O) groups excluding carboxylic acids is 2. The van der Waals surface area contributed by atoms with Crippen molar-refractivity contribution in [3.8, 4) is 0 Å². The van der Waals surface area contributed by atoms with Crippen molar-refractivity contribution in [1.82, 2.24) is 5.32 Å². The zero-order valence-corrected chi connectivity index (χ0v) is 18.1. The van der Waals surface area contributed by atoms with E-state index in [-0.39, 0.29) is 16.3 Å². The van der Waals surface area contributed by atoms with Crippen molar-refractivity contribution in [2.75, 3.05) is 17.3 Å². The number of anilines is 1. The highest BCUT2D eigenvalue weighted by atomic mass is 35.5. The molecule has 0 aromatic heterocycles. The highest BCUT2D eigenvalue weighted by Gasteiger charge is 2.34. The van der Waals surface area contributed by atoms with Crippen molar-refractivity contribution in [2.45, 2.75) is 12.5 Å². The molecule has 0 saturated heterocycles. The number of hydrogen-bond acceptors (Lipinski definition) is 2. The van der Waals surface area contributed by atoms with E-state index in [0.29, 0.717) is 13.0 Å². The van der Waals surface area contributed by atoms with Crippen LogP contribution < -0.4 is 10.2 Å². The molecule has 7 heteroatoms. The summed E-state index contributed by atoms with van der Waals surface area (Å²) in [7, 11) is 0. The van der Waals surface area contributed by atoms with E-state index in [4.69, 9.17) is 23.2 Å². The van der Waals surface area contributed by atoms with Crippen LogP contribution in [-0.2, 0) is 16.0 Å². The molecule has 0 unspecified atom stereocenters. The molecule has 2 amide bonds. The zero-order valence-electron chi connectivity index (χ0n) is 16.6. The molecule has 0 radical (unpaired) electrons. The Labute approximate surface area is 190 Å². The monoisotopic (exact) mass is 458 g/mol. The third-order valence-corrected chi connectivity index (χ3v) is 5.31. The molecule has 3 aromatic rings. The topological polar surface area (TPSA) is 49.4 Å². The third-order valence-electron chi connectivity index (χ3n) is 4.76. The van der Waals surface area contributed by atoms with Gasteiger partial charge < -0.3 is 5.32 Å². The van der Waals surface area contributed by atoms with E-state index < -0.39 is 29.6 Å². The van der Waals surface area contributed by atoms with Gasteiger partial charge >= 0.3 is 0 Å². The molecular formula is C24H21Cl2FN2O2. The lowest BCUT2D eigenvalue weighted by molar-refractivity contribution is -0.125. The Bertz CT molecular complexity index is 1050. The van der Waals surface area contributed by atoms with Gasteiger partial charge in [-0.2, -0.15) is 0 Å². The molecule has 0 saturated carbocycles. The lowest BCUT2D eigenvalue weighted by Gasteiger charge is -2.31. The molecule has 0 fully saturated rings. The summed E-state index contributed by atoms with van der Waals surface area (Å²) >= 11 is 12.2. The Balaban J connectivity index is 1.96. The molecule has 1 N–H and O–H groups in total. The number of hydrogen-bond donors (Lipinski definition) is 1. The fraction of sp³-hybridized carbons (Fsp3) is 0.167. The fourth-order valence-corrected chi connectivity index (χ4v) is 3.65. The molecule has 0 heterocycles. The second-order valence-corrected chi connectivity index (χ2v) is 7.47. The summed E-state index contributed by atoms with van der Waals surface area (Å²) in [4.78, 5) is 27.3. The lowest BCUT2D eigenvalue weighted by Crippen LogP contribution is -2.45. The van der Waals surface area contributed by atoms with Crippen LogP contribution in [0.25, 0.3) is 0 Å². The highest BCUT2D eigenvalue weighted by molar-refractivity contribution is 6.35. The number of benzene rings is 3. The first-order valence-corrected chi connectivity index (χ1v) is 10.6. The maximum Gasteiger partial charge on any atom is 0.247 e. The van der Waals surface area contributed by atoms with E-state index in [1.54, 1.807) is 30.3 Å². The maximum atomic E-state index is 14.7. The van der Waals surface area contributed by atoms with Crippen molar-refractivity contribution in [2.24, 2.45) is 0 Å². The summed E-state index contributed by atoms with van der Waals surface area (Å²) in [5.41, 5.74) is 1.38. The van der Waals surface area contributed by atoms with Crippen molar-refractivity contribution < 1.29 is 14.0 Å². The van der Waals surface area contributed by atoms with Crippen LogP contribution in [0.2, 0.25) is 5.02 Å². The largest absolute Gasteiger partial charge is 0.354 e.